The van der Waals surface area contributed by atoms with Crippen LogP contribution in [-0.2, 0) is 6.42 Å². The molecule has 1 heterocycles. The van der Waals surface area contributed by atoms with Crippen molar-refractivity contribution in [1.82, 2.24) is 10.2 Å². The lowest BCUT2D eigenvalue weighted by atomic mass is 9.93. The third kappa shape index (κ3) is 2.98. The van der Waals surface area contributed by atoms with Crippen molar-refractivity contribution >= 4 is 39.9 Å². The SMILES string of the molecule is Nc1n[nH]c2cc(-c3ccc(O)cc3)c(Cc3c(Cl)cccc3Cl)cc12. The van der Waals surface area contributed by atoms with Gasteiger partial charge in [-0.05, 0) is 58.7 Å². The first-order valence-corrected chi connectivity index (χ1v) is 8.77. The smallest absolute Gasteiger partial charge is 0.153 e. The van der Waals surface area contributed by atoms with Gasteiger partial charge in [-0.1, -0.05) is 41.4 Å². The van der Waals surface area contributed by atoms with E-state index in [1.807, 2.05) is 42.5 Å². The maximum atomic E-state index is 9.59. The van der Waals surface area contributed by atoms with E-state index in [0.717, 1.165) is 33.2 Å². The molecule has 4 N–H and O–H groups in total. The van der Waals surface area contributed by atoms with Gasteiger partial charge in [0.05, 0.1) is 5.52 Å². The molecule has 4 aromatic rings. The summed E-state index contributed by atoms with van der Waals surface area (Å²) < 4.78 is 0. The van der Waals surface area contributed by atoms with Crippen LogP contribution in [0.3, 0.4) is 0 Å². The monoisotopic (exact) mass is 383 g/mol. The van der Waals surface area contributed by atoms with Crippen molar-refractivity contribution in [3.63, 3.8) is 0 Å². The van der Waals surface area contributed by atoms with Crippen LogP contribution in [0.1, 0.15) is 11.1 Å². The average molecular weight is 384 g/mol. The lowest BCUT2D eigenvalue weighted by molar-refractivity contribution is 0.475. The Bertz CT molecular complexity index is 1080. The fraction of sp³-hybridized carbons (Fsp3) is 0.0500. The number of phenolic OH excluding ortho intramolecular Hbond substituents is 1. The van der Waals surface area contributed by atoms with Gasteiger partial charge in [0.2, 0.25) is 0 Å². The molecule has 0 atom stereocenters. The Morgan fingerprint density at radius 2 is 1.69 bits per heavy atom. The number of phenols is 1. The Hall–Kier alpha value is -2.69. The van der Waals surface area contributed by atoms with Gasteiger partial charge in [0.25, 0.3) is 0 Å². The summed E-state index contributed by atoms with van der Waals surface area (Å²) in [4.78, 5) is 0. The largest absolute Gasteiger partial charge is 0.508 e. The lowest BCUT2D eigenvalue weighted by Crippen LogP contribution is -1.95. The van der Waals surface area contributed by atoms with Crippen LogP contribution in [-0.4, -0.2) is 15.3 Å². The number of aromatic amines is 1. The van der Waals surface area contributed by atoms with Crippen LogP contribution in [0.4, 0.5) is 5.82 Å². The molecule has 0 aliphatic carbocycles. The van der Waals surface area contributed by atoms with Crippen LogP contribution in [0, 0.1) is 0 Å². The second kappa shape index (κ2) is 6.56. The van der Waals surface area contributed by atoms with Gasteiger partial charge in [0.1, 0.15) is 5.75 Å². The van der Waals surface area contributed by atoms with Crippen molar-refractivity contribution in [2.75, 3.05) is 5.73 Å². The first kappa shape index (κ1) is 16.8. The van der Waals surface area contributed by atoms with E-state index in [2.05, 4.69) is 10.2 Å². The predicted molar refractivity (Wildman–Crippen MR) is 107 cm³/mol. The highest BCUT2D eigenvalue weighted by Crippen LogP contribution is 2.35. The van der Waals surface area contributed by atoms with Crippen molar-refractivity contribution in [2.24, 2.45) is 0 Å². The first-order valence-electron chi connectivity index (χ1n) is 8.01. The number of fused-ring (bicyclic) bond motifs is 1. The van der Waals surface area contributed by atoms with Crippen LogP contribution in [0.5, 0.6) is 5.75 Å². The molecule has 0 bridgehead atoms. The maximum Gasteiger partial charge on any atom is 0.153 e. The lowest BCUT2D eigenvalue weighted by Gasteiger charge is -2.13. The highest BCUT2D eigenvalue weighted by molar-refractivity contribution is 6.36. The average Bonchev–Trinajstić information content (AvgIpc) is 2.99. The molecule has 6 heteroatoms. The van der Waals surface area contributed by atoms with Gasteiger partial charge in [-0.2, -0.15) is 5.10 Å². The molecule has 0 spiro atoms. The summed E-state index contributed by atoms with van der Waals surface area (Å²) in [6.07, 6.45) is 0.551. The number of nitrogens with one attached hydrogen (secondary N) is 1. The minimum atomic E-state index is 0.219. The van der Waals surface area contributed by atoms with Crippen LogP contribution < -0.4 is 5.73 Å². The summed E-state index contributed by atoms with van der Waals surface area (Å²) in [7, 11) is 0. The van der Waals surface area contributed by atoms with E-state index in [0.29, 0.717) is 22.3 Å². The van der Waals surface area contributed by atoms with Gasteiger partial charge in [0.15, 0.2) is 5.82 Å². The first-order chi connectivity index (χ1) is 12.5. The Morgan fingerprint density at radius 3 is 2.38 bits per heavy atom. The highest BCUT2D eigenvalue weighted by atomic mass is 35.5. The molecule has 3 aromatic carbocycles. The van der Waals surface area contributed by atoms with Crippen molar-refractivity contribution < 1.29 is 5.11 Å². The standard InChI is InChI=1S/C20H15Cl2N3O/c21-17-2-1-3-18(22)15(17)8-12-9-16-19(24-25-20(16)23)10-14(12)11-4-6-13(26)7-5-11/h1-7,9-10,26H,8H2,(H3,23,24,25). The number of nitrogens with zero attached hydrogens (tertiary/aromatic N) is 1. The molecule has 4 nitrogen and oxygen atoms in total. The zero-order valence-corrected chi connectivity index (χ0v) is 15.1. The molecule has 0 aliphatic heterocycles. The number of hydrogen-bond donors (Lipinski definition) is 3. The minimum absolute atomic E-state index is 0.219. The van der Waals surface area contributed by atoms with E-state index >= 15 is 0 Å². The van der Waals surface area contributed by atoms with Crippen molar-refractivity contribution in [2.45, 2.75) is 6.42 Å². The number of H-pyrrole nitrogens is 1. The summed E-state index contributed by atoms with van der Waals surface area (Å²) in [6, 6.07) is 16.6. The molecule has 4 rings (SSSR count). The van der Waals surface area contributed by atoms with Gasteiger partial charge in [0, 0.05) is 21.9 Å². The summed E-state index contributed by atoms with van der Waals surface area (Å²) in [5.74, 6) is 0.667. The summed E-state index contributed by atoms with van der Waals surface area (Å²) >= 11 is 12.7. The Morgan fingerprint density at radius 1 is 1.00 bits per heavy atom. The fourth-order valence-corrected chi connectivity index (χ4v) is 3.61. The summed E-state index contributed by atoms with van der Waals surface area (Å²) in [6.45, 7) is 0. The second-order valence-electron chi connectivity index (χ2n) is 6.09. The molecule has 0 unspecified atom stereocenters. The Balaban J connectivity index is 1.92. The number of aromatic hydroxyl groups is 1. The van der Waals surface area contributed by atoms with E-state index < -0.39 is 0 Å². The van der Waals surface area contributed by atoms with Gasteiger partial charge < -0.3 is 10.8 Å². The van der Waals surface area contributed by atoms with Crippen LogP contribution in [0.25, 0.3) is 22.0 Å². The van der Waals surface area contributed by atoms with Gasteiger partial charge in [-0.25, -0.2) is 0 Å². The molecule has 0 radical (unpaired) electrons. The van der Waals surface area contributed by atoms with E-state index in [1.54, 1.807) is 12.1 Å². The molecule has 0 amide bonds. The molecule has 130 valence electrons. The van der Waals surface area contributed by atoms with E-state index in [1.165, 1.54) is 0 Å². The molecule has 0 saturated heterocycles. The number of aromatic nitrogens is 2. The third-order valence-electron chi connectivity index (χ3n) is 4.42. The maximum absolute atomic E-state index is 9.59. The number of rotatable bonds is 3. The number of benzene rings is 3. The molecule has 0 fully saturated rings. The van der Waals surface area contributed by atoms with Crippen LogP contribution in [0.2, 0.25) is 10.0 Å². The van der Waals surface area contributed by atoms with Gasteiger partial charge in [-0.3, -0.25) is 5.10 Å². The van der Waals surface area contributed by atoms with Crippen molar-refractivity contribution in [1.29, 1.82) is 0 Å². The van der Waals surface area contributed by atoms with Crippen molar-refractivity contribution in [3.05, 3.63) is 75.8 Å². The minimum Gasteiger partial charge on any atom is -0.508 e. The zero-order chi connectivity index (χ0) is 18.3. The summed E-state index contributed by atoms with van der Waals surface area (Å²) in [5, 5.41) is 18.7. The number of nitrogen functional groups attached to an aromatic ring is 1. The highest BCUT2D eigenvalue weighted by Gasteiger charge is 2.14. The normalized spacial score (nSPS) is 11.2. The molecule has 26 heavy (non-hydrogen) atoms. The van der Waals surface area contributed by atoms with E-state index in [4.69, 9.17) is 28.9 Å². The number of nitrogens with two attached hydrogens (primary N) is 1. The number of anilines is 1. The molecular formula is C20H15Cl2N3O. The second-order valence-corrected chi connectivity index (χ2v) is 6.90. The van der Waals surface area contributed by atoms with Gasteiger partial charge >= 0.3 is 0 Å². The molecule has 1 aromatic heterocycles. The Labute approximate surface area is 160 Å². The Kier molecular flexibility index (Phi) is 4.23. The quantitative estimate of drug-likeness (QED) is 0.442. The van der Waals surface area contributed by atoms with Crippen LogP contribution >= 0.6 is 23.2 Å². The molecule has 0 saturated carbocycles. The fourth-order valence-electron chi connectivity index (χ4n) is 3.08. The summed E-state index contributed by atoms with van der Waals surface area (Å²) in [5.41, 5.74) is 10.7. The number of halogens is 2. The topological polar surface area (TPSA) is 74.9 Å². The molecule has 0 aliphatic rings. The predicted octanol–water partition coefficient (Wildman–Crippen LogP) is 5.42. The van der Waals surface area contributed by atoms with Gasteiger partial charge in [-0.15, -0.1) is 0 Å². The zero-order valence-electron chi connectivity index (χ0n) is 13.6. The van der Waals surface area contributed by atoms with Crippen LogP contribution in [0.15, 0.2) is 54.6 Å². The van der Waals surface area contributed by atoms with Crippen molar-refractivity contribution in [3.8, 4) is 16.9 Å². The molecular weight excluding hydrogens is 369 g/mol. The third-order valence-corrected chi connectivity index (χ3v) is 5.13. The number of hydrogen-bond acceptors (Lipinski definition) is 3. The van der Waals surface area contributed by atoms with E-state index in [-0.39, 0.29) is 5.75 Å². The van der Waals surface area contributed by atoms with E-state index in [9.17, 15) is 5.11 Å².